The number of carbonyl (C=O) groups excluding carboxylic acids is 1. The zero-order valence-electron chi connectivity index (χ0n) is 14.9. The van der Waals surface area contributed by atoms with Crippen molar-refractivity contribution < 1.29 is 14.5 Å². The molecule has 1 N–H and O–H groups in total. The molecule has 0 aliphatic rings. The summed E-state index contributed by atoms with van der Waals surface area (Å²) in [6.07, 6.45) is 0. The highest BCUT2D eigenvalue weighted by Gasteiger charge is 2.18. The Balaban J connectivity index is 1.72. The Morgan fingerprint density at radius 1 is 0.963 bits per heavy atom. The first-order valence-corrected chi connectivity index (χ1v) is 8.34. The average Bonchev–Trinajstić information content (AvgIpc) is 2.63. The molecule has 0 fully saturated rings. The average molecular weight is 362 g/mol. The number of ether oxygens (including phenoxy) is 1. The Morgan fingerprint density at radius 2 is 1.67 bits per heavy atom. The number of hydrogen-bond donors (Lipinski definition) is 1. The molecule has 27 heavy (non-hydrogen) atoms. The van der Waals surface area contributed by atoms with Gasteiger partial charge in [0.2, 0.25) is 0 Å². The lowest BCUT2D eigenvalue weighted by molar-refractivity contribution is -0.385. The molecule has 1 amide bonds. The first-order chi connectivity index (χ1) is 12.9. The number of hydrogen-bond acceptors (Lipinski definition) is 4. The van der Waals surface area contributed by atoms with Crippen LogP contribution in [-0.2, 0) is 0 Å². The van der Waals surface area contributed by atoms with Crippen molar-refractivity contribution in [3.63, 3.8) is 0 Å². The van der Waals surface area contributed by atoms with Gasteiger partial charge in [0.05, 0.1) is 4.92 Å². The third-order valence-corrected chi connectivity index (χ3v) is 4.08. The number of benzene rings is 3. The van der Waals surface area contributed by atoms with Gasteiger partial charge >= 0.3 is 0 Å². The minimum Gasteiger partial charge on any atom is -0.457 e. The number of nitro groups is 1. The lowest BCUT2D eigenvalue weighted by Gasteiger charge is -2.10. The summed E-state index contributed by atoms with van der Waals surface area (Å²) in [6.45, 7) is 3.55. The third kappa shape index (κ3) is 4.30. The molecule has 0 aliphatic carbocycles. The van der Waals surface area contributed by atoms with Crippen molar-refractivity contribution in [2.24, 2.45) is 0 Å². The SMILES string of the molecule is Cc1cccc(Oc2ccc(NC(=O)c3cccc([N+](=O)[O-])c3C)cc2)c1. The summed E-state index contributed by atoms with van der Waals surface area (Å²) in [5, 5.41) is 13.8. The Morgan fingerprint density at radius 3 is 2.33 bits per heavy atom. The molecule has 0 aromatic heterocycles. The van der Waals surface area contributed by atoms with Gasteiger partial charge in [-0.3, -0.25) is 14.9 Å². The number of nitrogens with one attached hydrogen (secondary N) is 1. The van der Waals surface area contributed by atoms with Crippen LogP contribution < -0.4 is 10.1 Å². The fourth-order valence-corrected chi connectivity index (χ4v) is 2.69. The highest BCUT2D eigenvalue weighted by atomic mass is 16.6. The summed E-state index contributed by atoms with van der Waals surface area (Å²) in [5.74, 6) is 0.979. The quantitative estimate of drug-likeness (QED) is 0.496. The van der Waals surface area contributed by atoms with Crippen LogP contribution in [0.25, 0.3) is 0 Å². The third-order valence-electron chi connectivity index (χ3n) is 4.08. The van der Waals surface area contributed by atoms with E-state index in [0.29, 0.717) is 17.0 Å². The van der Waals surface area contributed by atoms with Gasteiger partial charge in [0.15, 0.2) is 0 Å². The molecule has 6 nitrogen and oxygen atoms in total. The highest BCUT2D eigenvalue weighted by Crippen LogP contribution is 2.25. The molecule has 0 saturated heterocycles. The maximum Gasteiger partial charge on any atom is 0.273 e. The number of amides is 1. The van der Waals surface area contributed by atoms with Crippen LogP contribution in [0, 0.1) is 24.0 Å². The fourth-order valence-electron chi connectivity index (χ4n) is 2.69. The van der Waals surface area contributed by atoms with Crippen molar-refractivity contribution in [1.82, 2.24) is 0 Å². The van der Waals surface area contributed by atoms with Gasteiger partial charge in [-0.25, -0.2) is 0 Å². The standard InChI is InChI=1S/C21H18N2O4/c1-14-5-3-6-18(13-14)27-17-11-9-16(10-12-17)22-21(24)19-7-4-8-20(15(19)2)23(25)26/h3-13H,1-2H3,(H,22,24). The van der Waals surface area contributed by atoms with E-state index >= 15 is 0 Å². The second-order valence-corrected chi connectivity index (χ2v) is 6.10. The van der Waals surface area contributed by atoms with Crippen molar-refractivity contribution in [2.75, 3.05) is 5.32 Å². The van der Waals surface area contributed by atoms with Crippen molar-refractivity contribution in [3.8, 4) is 11.5 Å². The highest BCUT2D eigenvalue weighted by molar-refractivity contribution is 6.05. The lowest BCUT2D eigenvalue weighted by Crippen LogP contribution is -2.14. The van der Waals surface area contributed by atoms with Crippen LogP contribution in [0.1, 0.15) is 21.5 Å². The van der Waals surface area contributed by atoms with E-state index in [9.17, 15) is 14.9 Å². The van der Waals surface area contributed by atoms with Gasteiger partial charge in [-0.1, -0.05) is 18.2 Å². The Hall–Kier alpha value is -3.67. The molecule has 0 atom stereocenters. The number of nitro benzene ring substituents is 1. The minimum absolute atomic E-state index is 0.0791. The molecule has 0 spiro atoms. The van der Waals surface area contributed by atoms with E-state index in [1.54, 1.807) is 37.3 Å². The van der Waals surface area contributed by atoms with Crippen molar-refractivity contribution in [1.29, 1.82) is 0 Å². The van der Waals surface area contributed by atoms with Crippen LogP contribution in [0.3, 0.4) is 0 Å². The second-order valence-electron chi connectivity index (χ2n) is 6.10. The van der Waals surface area contributed by atoms with E-state index in [1.807, 2.05) is 31.2 Å². The van der Waals surface area contributed by atoms with Gasteiger partial charge in [0.25, 0.3) is 11.6 Å². The summed E-state index contributed by atoms with van der Waals surface area (Å²) in [4.78, 5) is 23.0. The molecule has 6 heteroatoms. The van der Waals surface area contributed by atoms with Gasteiger partial charge in [-0.05, 0) is 61.9 Å². The van der Waals surface area contributed by atoms with Crippen LogP contribution in [0.2, 0.25) is 0 Å². The smallest absolute Gasteiger partial charge is 0.273 e. The van der Waals surface area contributed by atoms with Crippen LogP contribution in [0.15, 0.2) is 66.7 Å². The molecular formula is C21H18N2O4. The second kappa shape index (κ2) is 7.70. The molecule has 136 valence electrons. The predicted molar refractivity (Wildman–Crippen MR) is 103 cm³/mol. The van der Waals surface area contributed by atoms with E-state index in [1.165, 1.54) is 12.1 Å². The molecule has 0 radical (unpaired) electrons. The number of aryl methyl sites for hydroxylation is 1. The first-order valence-electron chi connectivity index (χ1n) is 8.34. The first kappa shape index (κ1) is 18.1. The number of anilines is 1. The number of nitrogens with zero attached hydrogens (tertiary/aromatic N) is 1. The molecule has 3 rings (SSSR count). The van der Waals surface area contributed by atoms with Gasteiger partial charge in [0, 0.05) is 22.9 Å². The molecule has 3 aromatic rings. The van der Waals surface area contributed by atoms with E-state index in [0.717, 1.165) is 11.3 Å². The summed E-state index contributed by atoms with van der Waals surface area (Å²) < 4.78 is 5.78. The maximum absolute atomic E-state index is 12.5. The molecule has 0 unspecified atom stereocenters. The minimum atomic E-state index is -0.496. The van der Waals surface area contributed by atoms with Crippen LogP contribution in [0.5, 0.6) is 11.5 Å². The molecule has 3 aromatic carbocycles. The molecule has 0 heterocycles. The Bertz CT molecular complexity index is 997. The van der Waals surface area contributed by atoms with E-state index in [4.69, 9.17) is 4.74 Å². The van der Waals surface area contributed by atoms with Crippen LogP contribution in [-0.4, -0.2) is 10.8 Å². The van der Waals surface area contributed by atoms with Crippen molar-refractivity contribution in [2.45, 2.75) is 13.8 Å². The molecule has 0 bridgehead atoms. The van der Waals surface area contributed by atoms with Gasteiger partial charge < -0.3 is 10.1 Å². The van der Waals surface area contributed by atoms with Gasteiger partial charge in [-0.2, -0.15) is 0 Å². The zero-order valence-corrected chi connectivity index (χ0v) is 14.9. The molecule has 0 saturated carbocycles. The normalized spacial score (nSPS) is 10.3. The fraction of sp³-hybridized carbons (Fsp3) is 0.0952. The predicted octanol–water partition coefficient (Wildman–Crippen LogP) is 5.26. The Kier molecular flexibility index (Phi) is 5.17. The zero-order chi connectivity index (χ0) is 19.4. The van der Waals surface area contributed by atoms with Gasteiger partial charge in [-0.15, -0.1) is 0 Å². The monoisotopic (exact) mass is 362 g/mol. The topological polar surface area (TPSA) is 81.5 Å². The maximum atomic E-state index is 12.5. The van der Waals surface area contributed by atoms with E-state index < -0.39 is 10.8 Å². The summed E-state index contributed by atoms with van der Waals surface area (Å²) in [5.41, 5.74) is 2.19. The van der Waals surface area contributed by atoms with Crippen LogP contribution >= 0.6 is 0 Å². The van der Waals surface area contributed by atoms with Crippen LogP contribution in [0.4, 0.5) is 11.4 Å². The number of carbonyl (C=O) groups is 1. The van der Waals surface area contributed by atoms with Gasteiger partial charge in [0.1, 0.15) is 11.5 Å². The molecular weight excluding hydrogens is 344 g/mol. The van der Waals surface area contributed by atoms with E-state index in [2.05, 4.69) is 5.32 Å². The van der Waals surface area contributed by atoms with E-state index in [-0.39, 0.29) is 11.3 Å². The molecule has 0 aliphatic heterocycles. The largest absolute Gasteiger partial charge is 0.457 e. The summed E-state index contributed by atoms with van der Waals surface area (Å²) in [7, 11) is 0. The van der Waals surface area contributed by atoms with Crippen molar-refractivity contribution in [3.05, 3.63) is 93.5 Å². The Labute approximate surface area is 156 Å². The summed E-state index contributed by atoms with van der Waals surface area (Å²) in [6, 6.07) is 19.1. The number of rotatable bonds is 5. The van der Waals surface area contributed by atoms with Crippen molar-refractivity contribution >= 4 is 17.3 Å². The lowest BCUT2D eigenvalue weighted by atomic mass is 10.1. The summed E-state index contributed by atoms with van der Waals surface area (Å²) >= 11 is 0.